The number of rotatable bonds is 10. The molecule has 2 N–H and O–H groups in total. The molecule has 0 aliphatic heterocycles. The lowest BCUT2D eigenvalue weighted by Gasteiger charge is -2.21. The molecule has 0 bridgehead atoms. The number of nitrogens with zero attached hydrogens (tertiary/aromatic N) is 3. The molecule has 1 heterocycles. The number of methoxy groups -OCH3 is 2. The average Bonchev–Trinajstić information content (AvgIpc) is 2.65. The molecule has 0 aliphatic rings. The van der Waals surface area contributed by atoms with Gasteiger partial charge in [-0.15, -0.1) is 0 Å². The van der Waals surface area contributed by atoms with Crippen LogP contribution in [-0.4, -0.2) is 48.2 Å². The van der Waals surface area contributed by atoms with Crippen molar-refractivity contribution in [3.8, 4) is 6.07 Å². The molecule has 0 spiro atoms. The zero-order chi connectivity index (χ0) is 21.3. The predicted molar refractivity (Wildman–Crippen MR) is 105 cm³/mol. The van der Waals surface area contributed by atoms with Crippen LogP contribution in [0.3, 0.4) is 0 Å². The molecule has 1 rings (SSSR count). The van der Waals surface area contributed by atoms with Crippen LogP contribution in [0.15, 0.2) is 6.20 Å². The number of ether oxygens (including phenoxy) is 2. The molecule has 0 aromatic carbocycles. The highest BCUT2D eigenvalue weighted by molar-refractivity contribution is 5.80. The number of nitriles is 1. The molecule has 0 saturated heterocycles. The van der Waals surface area contributed by atoms with Crippen molar-refractivity contribution in [1.29, 1.82) is 5.26 Å². The first-order valence-electron chi connectivity index (χ1n) is 9.17. The van der Waals surface area contributed by atoms with Gasteiger partial charge in [0, 0.05) is 0 Å². The number of hydrogen-bond donors (Lipinski definition) is 2. The third-order valence-electron chi connectivity index (χ3n) is 3.91. The molecule has 1 aromatic rings. The SMILES string of the molecule is COC(=O)[C@H](CC(C)C)Nc1ncc(C#N)c(N[C@@H](CC(C)C)C(=O)OC)n1. The van der Waals surface area contributed by atoms with Crippen molar-refractivity contribution in [3.63, 3.8) is 0 Å². The molecule has 0 saturated carbocycles. The van der Waals surface area contributed by atoms with E-state index in [2.05, 4.69) is 20.6 Å². The van der Waals surface area contributed by atoms with Crippen molar-refractivity contribution in [1.82, 2.24) is 9.97 Å². The summed E-state index contributed by atoms with van der Waals surface area (Å²) in [4.78, 5) is 32.5. The van der Waals surface area contributed by atoms with E-state index >= 15 is 0 Å². The Morgan fingerprint density at radius 3 is 1.96 bits per heavy atom. The van der Waals surface area contributed by atoms with Crippen molar-refractivity contribution in [2.75, 3.05) is 24.9 Å². The van der Waals surface area contributed by atoms with E-state index in [9.17, 15) is 14.9 Å². The number of nitrogens with one attached hydrogen (secondary N) is 2. The van der Waals surface area contributed by atoms with E-state index in [-0.39, 0.29) is 29.2 Å². The quantitative estimate of drug-likeness (QED) is 0.578. The first kappa shape index (κ1) is 23.1. The largest absolute Gasteiger partial charge is 0.467 e. The third kappa shape index (κ3) is 7.02. The second kappa shape index (κ2) is 11.1. The normalized spacial score (nSPS) is 12.8. The molecule has 1 aromatic heterocycles. The van der Waals surface area contributed by atoms with E-state index < -0.39 is 24.0 Å². The highest BCUT2D eigenvalue weighted by Gasteiger charge is 2.24. The highest BCUT2D eigenvalue weighted by atomic mass is 16.5. The summed E-state index contributed by atoms with van der Waals surface area (Å²) in [7, 11) is 2.62. The van der Waals surface area contributed by atoms with Crippen LogP contribution in [0.4, 0.5) is 11.8 Å². The first-order valence-corrected chi connectivity index (χ1v) is 9.17. The standard InChI is InChI=1S/C19H29N5O4/c1-11(2)7-14(17(25)27-5)22-16-13(9-20)10-21-19(24-16)23-15(8-12(3)4)18(26)28-6/h10-12,14-15H,7-8H2,1-6H3,(H2,21,22,23,24)/t14-,15-/m0/s1. The molecule has 28 heavy (non-hydrogen) atoms. The lowest BCUT2D eigenvalue weighted by atomic mass is 10.0. The summed E-state index contributed by atoms with van der Waals surface area (Å²) in [6, 6.07) is 0.712. The minimum atomic E-state index is -0.660. The monoisotopic (exact) mass is 391 g/mol. The Balaban J connectivity index is 3.14. The van der Waals surface area contributed by atoms with Crippen molar-refractivity contribution >= 4 is 23.7 Å². The molecule has 9 nitrogen and oxygen atoms in total. The molecular weight excluding hydrogens is 362 g/mol. The zero-order valence-corrected chi connectivity index (χ0v) is 17.3. The number of hydrogen-bond acceptors (Lipinski definition) is 9. The summed E-state index contributed by atoms with van der Waals surface area (Å²) in [5.41, 5.74) is 0.182. The van der Waals surface area contributed by atoms with E-state index in [0.717, 1.165) is 0 Å². The van der Waals surface area contributed by atoms with E-state index in [1.165, 1.54) is 20.4 Å². The van der Waals surface area contributed by atoms with Crippen molar-refractivity contribution in [3.05, 3.63) is 11.8 Å². The molecule has 154 valence electrons. The molecular formula is C19H29N5O4. The van der Waals surface area contributed by atoms with Crippen LogP contribution in [0.1, 0.15) is 46.1 Å². The number of anilines is 2. The summed E-state index contributed by atoms with van der Waals surface area (Å²) in [6.45, 7) is 7.92. The van der Waals surface area contributed by atoms with Crippen LogP contribution >= 0.6 is 0 Å². The Bertz CT molecular complexity index is 715. The van der Waals surface area contributed by atoms with Crippen LogP contribution in [0.25, 0.3) is 0 Å². The lowest BCUT2D eigenvalue weighted by Crippen LogP contribution is -2.34. The molecule has 2 atom stereocenters. The van der Waals surface area contributed by atoms with Gasteiger partial charge in [0.2, 0.25) is 5.95 Å². The van der Waals surface area contributed by atoms with Crippen molar-refractivity contribution < 1.29 is 19.1 Å². The van der Waals surface area contributed by atoms with Crippen LogP contribution in [-0.2, 0) is 19.1 Å². The van der Waals surface area contributed by atoms with E-state index in [1.54, 1.807) is 0 Å². The Morgan fingerprint density at radius 1 is 1.04 bits per heavy atom. The molecule has 0 aliphatic carbocycles. The van der Waals surface area contributed by atoms with Gasteiger partial charge in [-0.05, 0) is 24.7 Å². The minimum Gasteiger partial charge on any atom is -0.467 e. The summed E-state index contributed by atoms with van der Waals surface area (Å²) in [5, 5.41) is 15.3. The maximum Gasteiger partial charge on any atom is 0.328 e. The first-order chi connectivity index (χ1) is 13.2. The number of carbonyl (C=O) groups is 2. The van der Waals surface area contributed by atoms with Gasteiger partial charge in [-0.3, -0.25) is 0 Å². The van der Waals surface area contributed by atoms with Gasteiger partial charge >= 0.3 is 11.9 Å². The molecule has 9 heteroatoms. The number of esters is 2. The Hall–Kier alpha value is -2.89. The summed E-state index contributed by atoms with van der Waals surface area (Å²) >= 11 is 0. The topological polar surface area (TPSA) is 126 Å². The van der Waals surface area contributed by atoms with Crippen LogP contribution in [0, 0.1) is 23.2 Å². The molecule has 0 fully saturated rings. The summed E-state index contributed by atoms with van der Waals surface area (Å²) < 4.78 is 9.67. The Labute approximate surface area is 165 Å². The average molecular weight is 391 g/mol. The lowest BCUT2D eigenvalue weighted by molar-refractivity contribution is -0.142. The second-order valence-corrected chi connectivity index (χ2v) is 7.27. The molecule has 0 unspecified atom stereocenters. The van der Waals surface area contributed by atoms with Crippen LogP contribution in [0.5, 0.6) is 0 Å². The maximum atomic E-state index is 12.1. The Kier molecular flexibility index (Phi) is 9.15. The van der Waals surface area contributed by atoms with Crippen LogP contribution in [0.2, 0.25) is 0 Å². The maximum absolute atomic E-state index is 12.1. The van der Waals surface area contributed by atoms with E-state index in [4.69, 9.17) is 9.47 Å². The number of carbonyl (C=O) groups excluding carboxylic acids is 2. The number of aromatic nitrogens is 2. The van der Waals surface area contributed by atoms with Gasteiger partial charge in [-0.1, -0.05) is 27.7 Å². The Morgan fingerprint density at radius 2 is 1.54 bits per heavy atom. The van der Waals surface area contributed by atoms with Gasteiger partial charge in [0.05, 0.1) is 20.4 Å². The highest BCUT2D eigenvalue weighted by Crippen LogP contribution is 2.19. The summed E-state index contributed by atoms with van der Waals surface area (Å²) in [5.74, 6) is -0.0602. The zero-order valence-electron chi connectivity index (χ0n) is 17.3. The van der Waals surface area contributed by atoms with E-state index in [0.29, 0.717) is 12.8 Å². The van der Waals surface area contributed by atoms with Gasteiger partial charge in [0.25, 0.3) is 0 Å². The van der Waals surface area contributed by atoms with Crippen LogP contribution < -0.4 is 10.6 Å². The van der Waals surface area contributed by atoms with Gasteiger partial charge in [-0.25, -0.2) is 14.6 Å². The van der Waals surface area contributed by atoms with E-state index in [1.807, 2.05) is 33.8 Å². The molecule has 0 amide bonds. The minimum absolute atomic E-state index is 0.158. The van der Waals surface area contributed by atoms with Gasteiger partial charge in [0.1, 0.15) is 29.5 Å². The second-order valence-electron chi connectivity index (χ2n) is 7.27. The van der Waals surface area contributed by atoms with Crippen molar-refractivity contribution in [2.45, 2.75) is 52.6 Å². The fourth-order valence-electron chi connectivity index (χ4n) is 2.62. The van der Waals surface area contributed by atoms with Gasteiger partial charge in [0.15, 0.2) is 0 Å². The summed E-state index contributed by atoms with van der Waals surface area (Å²) in [6.07, 6.45) is 2.37. The third-order valence-corrected chi connectivity index (χ3v) is 3.91. The predicted octanol–water partition coefficient (Wildman–Crippen LogP) is 2.35. The molecule has 0 radical (unpaired) electrons. The smallest absolute Gasteiger partial charge is 0.328 e. The van der Waals surface area contributed by atoms with Gasteiger partial charge < -0.3 is 20.1 Å². The van der Waals surface area contributed by atoms with Crippen molar-refractivity contribution in [2.24, 2.45) is 11.8 Å². The fourth-order valence-corrected chi connectivity index (χ4v) is 2.62. The van der Waals surface area contributed by atoms with Gasteiger partial charge in [-0.2, -0.15) is 10.2 Å². The fraction of sp³-hybridized carbons (Fsp3) is 0.632.